The average molecular weight is 1030 g/mol. The van der Waals surface area contributed by atoms with Crippen molar-refractivity contribution in [1.29, 1.82) is 0 Å². The Hall–Kier alpha value is -7.04. The number of aromatic nitrogens is 6. The highest BCUT2D eigenvalue weighted by Crippen LogP contribution is 2.30. The van der Waals surface area contributed by atoms with Crippen LogP contribution in [0.5, 0.6) is 0 Å². The highest BCUT2D eigenvalue weighted by Gasteiger charge is 2.37. The first-order valence-electron chi connectivity index (χ1n) is 21.8. The van der Waals surface area contributed by atoms with E-state index in [0.717, 1.165) is 20.8 Å². The van der Waals surface area contributed by atoms with Gasteiger partial charge in [-0.3, -0.25) is 14.4 Å². The van der Waals surface area contributed by atoms with Crippen molar-refractivity contribution in [3.05, 3.63) is 142 Å². The topological polar surface area (TPSA) is 287 Å². The van der Waals surface area contributed by atoms with Gasteiger partial charge in [-0.1, -0.05) is 81.4 Å². The summed E-state index contributed by atoms with van der Waals surface area (Å²) in [6.45, 7) is 6.07. The number of carbonyl (C=O) groups is 4. The van der Waals surface area contributed by atoms with Crippen molar-refractivity contribution >= 4 is 47.0 Å². The van der Waals surface area contributed by atoms with Gasteiger partial charge in [0.1, 0.15) is 37.2 Å². The van der Waals surface area contributed by atoms with E-state index in [1.54, 1.807) is 56.3 Å². The minimum atomic E-state index is -1.48. The van der Waals surface area contributed by atoms with Gasteiger partial charge in [0.25, 0.3) is 5.91 Å². The molecule has 0 fully saturated rings. The van der Waals surface area contributed by atoms with Gasteiger partial charge in [0, 0.05) is 33.3 Å². The van der Waals surface area contributed by atoms with Crippen molar-refractivity contribution < 1.29 is 63.2 Å². The molecule has 4 atom stereocenters. The van der Waals surface area contributed by atoms with Crippen LogP contribution in [0.4, 0.5) is 8.78 Å². The number of hydrogen-bond donors (Lipinski definition) is 7. The molecule has 0 spiro atoms. The Morgan fingerprint density at radius 2 is 1.10 bits per heavy atom. The van der Waals surface area contributed by atoms with Gasteiger partial charge in [-0.15, -0.1) is 10.2 Å². The van der Waals surface area contributed by atoms with Crippen molar-refractivity contribution in [1.82, 2.24) is 35.6 Å². The maximum atomic E-state index is 14.2. The molecule has 0 radical (unpaired) electrons. The van der Waals surface area contributed by atoms with E-state index < -0.39 is 65.8 Å². The molecule has 71 heavy (non-hydrogen) atoms. The molecule has 6 aromatic rings. The lowest BCUT2D eigenvalue weighted by Crippen LogP contribution is -2.44. The molecule has 0 aliphatic rings. The molecule has 0 saturated heterocycles. The van der Waals surface area contributed by atoms with Gasteiger partial charge in [-0.05, 0) is 122 Å². The van der Waals surface area contributed by atoms with Crippen molar-refractivity contribution in [2.45, 2.75) is 65.5 Å². The monoisotopic (exact) mass is 1030 g/mol. The number of aliphatic hydroxyl groups is 2. The number of rotatable bonds is 21. The Balaban J connectivity index is 0.000000263. The smallest absolute Gasteiger partial charge is 0.358 e. The van der Waals surface area contributed by atoms with E-state index in [2.05, 4.69) is 25.9 Å². The predicted molar refractivity (Wildman–Crippen MR) is 256 cm³/mol. The molecule has 1 amide bonds. The van der Waals surface area contributed by atoms with Crippen molar-refractivity contribution in [3.63, 3.8) is 0 Å². The van der Waals surface area contributed by atoms with E-state index in [-0.39, 0.29) is 36.5 Å². The van der Waals surface area contributed by atoms with Crippen LogP contribution in [0.15, 0.2) is 97.3 Å². The number of aliphatic hydroxyl groups excluding tert-OH is 2. The van der Waals surface area contributed by atoms with Crippen LogP contribution in [0.25, 0.3) is 22.3 Å². The third-order valence-electron chi connectivity index (χ3n) is 10.8. The number of halogens is 4. The molecular formula is C48H54Cl2F2N8O11. The van der Waals surface area contributed by atoms with Crippen LogP contribution in [0.2, 0.25) is 10.0 Å². The van der Waals surface area contributed by atoms with Crippen molar-refractivity contribution in [2.24, 2.45) is 16.6 Å². The number of carbonyl (C=O) groups excluding carboxylic acids is 1. The summed E-state index contributed by atoms with van der Waals surface area (Å²) in [7, 11) is 0. The summed E-state index contributed by atoms with van der Waals surface area (Å²) in [6.07, 6.45) is 3.34. The number of hydrogen-bond acceptors (Lipinski definition) is 13. The number of nitrogens with two attached hydrogens (primary N) is 1. The van der Waals surface area contributed by atoms with Crippen LogP contribution < -0.4 is 20.7 Å². The maximum absolute atomic E-state index is 14.2. The third-order valence-corrected chi connectivity index (χ3v) is 11.2. The Bertz CT molecular complexity index is 2730. The largest absolute Gasteiger partial charge is 0.481 e. The molecule has 6 rings (SSSR count). The van der Waals surface area contributed by atoms with Gasteiger partial charge >= 0.3 is 17.9 Å². The summed E-state index contributed by atoms with van der Waals surface area (Å²) in [5.74, 6) is -4.70. The Morgan fingerprint density at radius 1 is 0.676 bits per heavy atom. The molecule has 0 bridgehead atoms. The Morgan fingerprint density at radius 3 is 1.51 bits per heavy atom. The standard InChI is InChI=1S/C24H26ClFN4O5.C19H21ClFNO3.C5H7N3O3/c1-3-35-30-13-21(28-29-30)22(32)27-18(12-24(2,14-31)23(33)34)10-15-4-6-16(7-5-15)19-11-17(25)8-9-20(19)26;1-19(11-23,18(24)25)10-15(22)8-12-2-4-13(5-3-12)16-9-14(20)6-7-17(16)21;1-2-11-8-3-4(5(9)10)6-7-8/h4-9,11,13,18,31H,3,10,12,14H2,1-2H3,(H,27,32)(H,33,34);2-7,9,15,23H,8,10-11,22H2,1H3,(H,24,25);3H,2H2,1H3,(H,9,10)/t18-,24+;15-,19+;/m11./s1. The molecular weight excluding hydrogens is 973 g/mol. The molecule has 0 aliphatic carbocycles. The molecule has 4 aromatic carbocycles. The first kappa shape index (κ1) is 56.5. The molecule has 0 aliphatic heterocycles. The SMILES string of the molecule is CCOn1cc(C(=O)N[C@H](Cc2ccc(-c3cc(Cl)ccc3F)cc2)C[C@@](C)(CO)C(=O)O)nn1.CCOn1cc(C(=O)O)nn1.C[C@@](CO)(C[C@H](N)Cc1ccc(-c2cc(Cl)ccc2F)cc1)C(=O)O. The van der Waals surface area contributed by atoms with Crippen LogP contribution >= 0.6 is 23.2 Å². The quantitative estimate of drug-likeness (QED) is 0.0441. The molecule has 2 heterocycles. The fraction of sp³-hybridized carbons (Fsp3) is 0.333. The molecule has 380 valence electrons. The van der Waals surface area contributed by atoms with E-state index in [0.29, 0.717) is 51.9 Å². The second-order valence-corrected chi connectivity index (χ2v) is 17.5. The van der Waals surface area contributed by atoms with Crippen LogP contribution in [0.3, 0.4) is 0 Å². The molecule has 0 saturated carbocycles. The summed E-state index contributed by atoms with van der Waals surface area (Å²) in [6, 6.07) is 21.8. The zero-order chi connectivity index (χ0) is 52.5. The number of nitrogens with zero attached hydrogens (tertiary/aromatic N) is 6. The molecule has 19 nitrogen and oxygen atoms in total. The van der Waals surface area contributed by atoms with Crippen molar-refractivity contribution in [2.75, 3.05) is 26.4 Å². The highest BCUT2D eigenvalue weighted by molar-refractivity contribution is 6.31. The molecule has 2 aromatic heterocycles. The van der Waals surface area contributed by atoms with Crippen LogP contribution in [-0.4, -0.2) is 118 Å². The molecule has 8 N–H and O–H groups in total. The minimum absolute atomic E-state index is 0.00347. The number of aliphatic carboxylic acids is 2. The number of nitrogens with one attached hydrogen (secondary N) is 1. The fourth-order valence-corrected chi connectivity index (χ4v) is 7.17. The van der Waals surface area contributed by atoms with E-state index >= 15 is 0 Å². The molecule has 0 unspecified atom stereocenters. The Labute approximate surface area is 416 Å². The van der Waals surface area contributed by atoms with Gasteiger partial charge < -0.3 is 46.3 Å². The summed E-state index contributed by atoms with van der Waals surface area (Å²) >= 11 is 11.9. The number of benzene rings is 4. The lowest BCUT2D eigenvalue weighted by atomic mass is 9.82. The number of aromatic carboxylic acids is 1. The van der Waals surface area contributed by atoms with Gasteiger partial charge in [0.2, 0.25) is 0 Å². The highest BCUT2D eigenvalue weighted by atomic mass is 35.5. The maximum Gasteiger partial charge on any atom is 0.358 e. The van der Waals surface area contributed by atoms with E-state index in [1.807, 2.05) is 12.1 Å². The first-order chi connectivity index (χ1) is 33.6. The van der Waals surface area contributed by atoms with Gasteiger partial charge in [0.15, 0.2) is 11.4 Å². The van der Waals surface area contributed by atoms with E-state index in [4.69, 9.17) is 43.7 Å². The van der Waals surface area contributed by atoms with Crippen LogP contribution in [0, 0.1) is 22.5 Å². The fourth-order valence-electron chi connectivity index (χ4n) is 6.82. The van der Waals surface area contributed by atoms with Crippen LogP contribution in [0.1, 0.15) is 72.6 Å². The van der Waals surface area contributed by atoms with Gasteiger partial charge in [-0.25, -0.2) is 13.6 Å². The van der Waals surface area contributed by atoms with Gasteiger partial charge in [0.05, 0.1) is 24.0 Å². The number of amides is 1. The second-order valence-electron chi connectivity index (χ2n) is 16.6. The summed E-state index contributed by atoms with van der Waals surface area (Å²) in [5.41, 5.74) is 6.94. The normalized spacial score (nSPS) is 13.4. The zero-order valence-electron chi connectivity index (χ0n) is 39.0. The van der Waals surface area contributed by atoms with Crippen LogP contribution in [-0.2, 0) is 22.4 Å². The second kappa shape index (κ2) is 26.2. The number of carboxylic acids is 3. The Kier molecular flexibility index (Phi) is 20.9. The van der Waals surface area contributed by atoms with E-state index in [9.17, 15) is 48.4 Å². The molecule has 23 heteroatoms. The minimum Gasteiger partial charge on any atom is -0.481 e. The lowest BCUT2D eigenvalue weighted by molar-refractivity contribution is -0.152. The number of carboxylic acid groups (broad SMARTS) is 3. The lowest BCUT2D eigenvalue weighted by Gasteiger charge is -2.28. The van der Waals surface area contributed by atoms with E-state index in [1.165, 1.54) is 56.6 Å². The predicted octanol–water partition coefficient (Wildman–Crippen LogP) is 5.91. The van der Waals surface area contributed by atoms with Crippen molar-refractivity contribution in [3.8, 4) is 22.3 Å². The summed E-state index contributed by atoms with van der Waals surface area (Å²) in [5, 5.41) is 64.0. The summed E-state index contributed by atoms with van der Waals surface area (Å²) < 4.78 is 28.1. The average Bonchev–Trinajstić information content (AvgIpc) is 4.02. The third kappa shape index (κ3) is 16.5. The first-order valence-corrected chi connectivity index (χ1v) is 22.6. The van der Waals surface area contributed by atoms with Gasteiger partial charge in [-0.2, -0.15) is 0 Å². The zero-order valence-corrected chi connectivity index (χ0v) is 40.5. The summed E-state index contributed by atoms with van der Waals surface area (Å²) in [4.78, 5) is 58.1.